The summed E-state index contributed by atoms with van der Waals surface area (Å²) in [5, 5.41) is 4.31. The van der Waals surface area contributed by atoms with Gasteiger partial charge in [0.25, 0.3) is 0 Å². The lowest BCUT2D eigenvalue weighted by atomic mass is 10.0. The van der Waals surface area contributed by atoms with Crippen LogP contribution < -0.4 is 10.5 Å². The fourth-order valence-electron chi connectivity index (χ4n) is 1.76. The summed E-state index contributed by atoms with van der Waals surface area (Å²) in [6, 6.07) is 5.59. The number of hydrogen-bond acceptors (Lipinski definition) is 4. The third-order valence-electron chi connectivity index (χ3n) is 2.59. The molecule has 5 heteroatoms. The Morgan fingerprint density at radius 3 is 2.94 bits per heavy atom. The third kappa shape index (κ3) is 2.62. The maximum atomic E-state index is 6.14. The van der Waals surface area contributed by atoms with Crippen molar-refractivity contribution in [1.82, 2.24) is 14.8 Å². The summed E-state index contributed by atoms with van der Waals surface area (Å²) in [5.74, 6) is 0.580. The number of hydrogen-bond donors (Lipinski definition) is 1. The van der Waals surface area contributed by atoms with E-state index >= 15 is 0 Å². The molecular weight excluding hydrogens is 216 g/mol. The first-order valence-corrected chi connectivity index (χ1v) is 5.43. The fourth-order valence-corrected chi connectivity index (χ4v) is 1.76. The van der Waals surface area contributed by atoms with Gasteiger partial charge in [0.2, 0.25) is 5.88 Å². The fraction of sp³-hybridized carbons (Fsp3) is 0.333. The molecule has 2 aromatic rings. The number of nitrogens with zero attached hydrogens (tertiary/aromatic N) is 3. The SMILES string of the molecule is COc1ncccc1C(N)Cc1ccn(C)n1. The first-order valence-electron chi connectivity index (χ1n) is 5.43. The lowest BCUT2D eigenvalue weighted by Crippen LogP contribution is -2.15. The van der Waals surface area contributed by atoms with Crippen LogP contribution in [0.15, 0.2) is 30.6 Å². The van der Waals surface area contributed by atoms with Gasteiger partial charge in [-0.15, -0.1) is 0 Å². The molecule has 0 aromatic carbocycles. The molecular formula is C12H16N4O. The van der Waals surface area contributed by atoms with Crippen molar-refractivity contribution in [1.29, 1.82) is 0 Å². The average molecular weight is 232 g/mol. The normalized spacial score (nSPS) is 12.4. The average Bonchev–Trinajstić information content (AvgIpc) is 2.74. The molecule has 2 heterocycles. The number of aryl methyl sites for hydroxylation is 1. The molecule has 90 valence electrons. The highest BCUT2D eigenvalue weighted by Gasteiger charge is 2.14. The maximum absolute atomic E-state index is 6.14. The van der Waals surface area contributed by atoms with E-state index in [1.165, 1.54) is 0 Å². The molecule has 0 amide bonds. The standard InChI is InChI=1S/C12H16N4O/c1-16-7-5-9(15-16)8-11(13)10-4-3-6-14-12(10)17-2/h3-7,11H,8,13H2,1-2H3. The van der Waals surface area contributed by atoms with Crippen LogP contribution in [0.25, 0.3) is 0 Å². The Kier molecular flexibility index (Phi) is 3.39. The Bertz CT molecular complexity index is 495. The lowest BCUT2D eigenvalue weighted by Gasteiger charge is -2.13. The van der Waals surface area contributed by atoms with Crippen LogP contribution in [0.5, 0.6) is 5.88 Å². The molecule has 0 aliphatic carbocycles. The van der Waals surface area contributed by atoms with Gasteiger partial charge in [0.05, 0.1) is 12.8 Å². The van der Waals surface area contributed by atoms with E-state index in [2.05, 4.69) is 10.1 Å². The van der Waals surface area contributed by atoms with Crippen molar-refractivity contribution in [3.8, 4) is 5.88 Å². The van der Waals surface area contributed by atoms with E-state index in [-0.39, 0.29) is 6.04 Å². The molecule has 0 saturated heterocycles. The van der Waals surface area contributed by atoms with Gasteiger partial charge < -0.3 is 10.5 Å². The van der Waals surface area contributed by atoms with Crippen molar-refractivity contribution in [2.75, 3.05) is 7.11 Å². The van der Waals surface area contributed by atoms with Gasteiger partial charge in [0.15, 0.2) is 0 Å². The number of pyridine rings is 1. The molecule has 1 atom stereocenters. The van der Waals surface area contributed by atoms with E-state index < -0.39 is 0 Å². The molecule has 0 aliphatic heterocycles. The smallest absolute Gasteiger partial charge is 0.217 e. The molecule has 0 spiro atoms. The van der Waals surface area contributed by atoms with E-state index in [9.17, 15) is 0 Å². The summed E-state index contributed by atoms with van der Waals surface area (Å²) in [6.07, 6.45) is 4.27. The number of nitrogens with two attached hydrogens (primary N) is 1. The largest absolute Gasteiger partial charge is 0.481 e. The van der Waals surface area contributed by atoms with Crippen LogP contribution in [-0.4, -0.2) is 21.9 Å². The molecule has 1 unspecified atom stereocenters. The van der Waals surface area contributed by atoms with E-state index in [1.807, 2.05) is 31.4 Å². The van der Waals surface area contributed by atoms with Gasteiger partial charge in [-0.05, 0) is 12.1 Å². The minimum atomic E-state index is -0.159. The molecule has 0 aliphatic rings. The number of methoxy groups -OCH3 is 1. The molecule has 2 N–H and O–H groups in total. The van der Waals surface area contributed by atoms with Crippen LogP contribution in [0, 0.1) is 0 Å². The minimum Gasteiger partial charge on any atom is -0.481 e. The van der Waals surface area contributed by atoms with Crippen LogP contribution in [0.1, 0.15) is 17.3 Å². The van der Waals surface area contributed by atoms with Crippen molar-refractivity contribution in [3.05, 3.63) is 41.9 Å². The Balaban J connectivity index is 2.16. The predicted molar refractivity (Wildman–Crippen MR) is 64.6 cm³/mol. The molecule has 0 bridgehead atoms. The Morgan fingerprint density at radius 1 is 1.47 bits per heavy atom. The quantitative estimate of drug-likeness (QED) is 0.856. The van der Waals surface area contributed by atoms with Crippen molar-refractivity contribution in [2.45, 2.75) is 12.5 Å². The van der Waals surface area contributed by atoms with Crippen molar-refractivity contribution < 1.29 is 4.74 Å². The van der Waals surface area contributed by atoms with Gasteiger partial charge in [-0.3, -0.25) is 4.68 Å². The van der Waals surface area contributed by atoms with Gasteiger partial charge >= 0.3 is 0 Å². The lowest BCUT2D eigenvalue weighted by molar-refractivity contribution is 0.388. The molecule has 2 rings (SSSR count). The number of ether oxygens (including phenoxy) is 1. The topological polar surface area (TPSA) is 66.0 Å². The second-order valence-corrected chi connectivity index (χ2v) is 3.89. The Morgan fingerprint density at radius 2 is 2.29 bits per heavy atom. The molecule has 17 heavy (non-hydrogen) atoms. The van der Waals surface area contributed by atoms with Crippen LogP contribution >= 0.6 is 0 Å². The molecule has 2 aromatic heterocycles. The van der Waals surface area contributed by atoms with Crippen molar-refractivity contribution in [3.63, 3.8) is 0 Å². The van der Waals surface area contributed by atoms with Gasteiger partial charge in [-0.1, -0.05) is 6.07 Å². The Labute approximate surface area is 100 Å². The summed E-state index contributed by atoms with van der Waals surface area (Å²) in [6.45, 7) is 0. The molecule has 0 saturated carbocycles. The van der Waals surface area contributed by atoms with E-state index in [0.717, 1.165) is 11.3 Å². The summed E-state index contributed by atoms with van der Waals surface area (Å²) in [7, 11) is 3.49. The van der Waals surface area contributed by atoms with Crippen LogP contribution in [0.2, 0.25) is 0 Å². The molecule has 5 nitrogen and oxygen atoms in total. The third-order valence-corrected chi connectivity index (χ3v) is 2.59. The van der Waals surface area contributed by atoms with E-state index in [1.54, 1.807) is 18.0 Å². The van der Waals surface area contributed by atoms with Gasteiger partial charge in [0.1, 0.15) is 0 Å². The van der Waals surface area contributed by atoms with E-state index in [0.29, 0.717) is 12.3 Å². The van der Waals surface area contributed by atoms with Crippen LogP contribution in [0.4, 0.5) is 0 Å². The molecule has 0 fully saturated rings. The molecule has 0 radical (unpaired) electrons. The summed E-state index contributed by atoms with van der Waals surface area (Å²) in [5.41, 5.74) is 8.01. The zero-order valence-electron chi connectivity index (χ0n) is 10.00. The van der Waals surface area contributed by atoms with Gasteiger partial charge in [-0.2, -0.15) is 5.10 Å². The van der Waals surface area contributed by atoms with Crippen LogP contribution in [0.3, 0.4) is 0 Å². The second-order valence-electron chi connectivity index (χ2n) is 3.89. The highest BCUT2D eigenvalue weighted by atomic mass is 16.5. The first kappa shape index (κ1) is 11.6. The summed E-state index contributed by atoms with van der Waals surface area (Å²) >= 11 is 0. The van der Waals surface area contributed by atoms with E-state index in [4.69, 9.17) is 10.5 Å². The summed E-state index contributed by atoms with van der Waals surface area (Å²) in [4.78, 5) is 4.14. The zero-order valence-corrected chi connectivity index (χ0v) is 10.00. The first-order chi connectivity index (χ1) is 8.20. The predicted octanol–water partition coefficient (Wildman–Crippen LogP) is 1.07. The van der Waals surface area contributed by atoms with Crippen LogP contribution in [-0.2, 0) is 13.5 Å². The van der Waals surface area contributed by atoms with Crippen molar-refractivity contribution in [2.24, 2.45) is 12.8 Å². The monoisotopic (exact) mass is 232 g/mol. The summed E-state index contributed by atoms with van der Waals surface area (Å²) < 4.78 is 6.96. The maximum Gasteiger partial charge on any atom is 0.217 e. The Hall–Kier alpha value is -1.88. The zero-order chi connectivity index (χ0) is 12.3. The highest BCUT2D eigenvalue weighted by molar-refractivity contribution is 5.29. The number of rotatable bonds is 4. The second kappa shape index (κ2) is 4.97. The highest BCUT2D eigenvalue weighted by Crippen LogP contribution is 2.22. The van der Waals surface area contributed by atoms with Crippen molar-refractivity contribution >= 4 is 0 Å². The van der Waals surface area contributed by atoms with Gasteiger partial charge in [0, 0.05) is 37.5 Å². The number of aromatic nitrogens is 3. The minimum absolute atomic E-state index is 0.159. The van der Waals surface area contributed by atoms with Gasteiger partial charge in [-0.25, -0.2) is 4.98 Å².